The topological polar surface area (TPSA) is 93.2 Å². The van der Waals surface area contributed by atoms with Crippen molar-refractivity contribution in [3.05, 3.63) is 29.2 Å². The number of aromatic nitrogens is 4. The van der Waals surface area contributed by atoms with Crippen molar-refractivity contribution in [2.45, 2.75) is 66.5 Å². The summed E-state index contributed by atoms with van der Waals surface area (Å²) in [7, 11) is 0. The second-order valence-electron chi connectivity index (χ2n) is 7.39. The van der Waals surface area contributed by atoms with E-state index >= 15 is 0 Å². The van der Waals surface area contributed by atoms with Gasteiger partial charge in [0.2, 0.25) is 5.89 Å². The van der Waals surface area contributed by atoms with Crippen molar-refractivity contribution in [3.63, 3.8) is 0 Å². The molecule has 0 amide bonds. The SMILES string of the molecule is CCNC(=NCc1noc(C(C)(C)C)n1)NCCCn1nc(C)cc1C. The summed E-state index contributed by atoms with van der Waals surface area (Å²) in [6.07, 6.45) is 0.961. The highest BCUT2D eigenvalue weighted by Gasteiger charge is 2.21. The fraction of sp³-hybridized carbons (Fsp3) is 0.667. The van der Waals surface area contributed by atoms with Crippen LogP contribution in [-0.2, 0) is 18.5 Å². The van der Waals surface area contributed by atoms with Crippen molar-refractivity contribution in [1.29, 1.82) is 0 Å². The second kappa shape index (κ2) is 8.82. The minimum absolute atomic E-state index is 0.152. The van der Waals surface area contributed by atoms with Gasteiger partial charge in [0.15, 0.2) is 11.8 Å². The van der Waals surface area contributed by atoms with Gasteiger partial charge >= 0.3 is 0 Å². The van der Waals surface area contributed by atoms with Crippen LogP contribution >= 0.6 is 0 Å². The predicted molar refractivity (Wildman–Crippen MR) is 102 cm³/mol. The Morgan fingerprint density at radius 3 is 2.62 bits per heavy atom. The van der Waals surface area contributed by atoms with Crippen molar-refractivity contribution in [1.82, 2.24) is 30.6 Å². The fourth-order valence-corrected chi connectivity index (χ4v) is 2.45. The molecule has 26 heavy (non-hydrogen) atoms. The summed E-state index contributed by atoms with van der Waals surface area (Å²) >= 11 is 0. The summed E-state index contributed by atoms with van der Waals surface area (Å²) in [5.74, 6) is 1.98. The Morgan fingerprint density at radius 1 is 1.27 bits per heavy atom. The number of hydrogen-bond acceptors (Lipinski definition) is 5. The standard InChI is InChI=1S/C18H31N7O/c1-7-19-17(20-9-8-10-25-14(3)11-13(2)23-25)21-12-15-22-16(26-24-15)18(4,5)6/h11H,7-10,12H2,1-6H3,(H2,19,20,21). The molecule has 0 fully saturated rings. The van der Waals surface area contributed by atoms with Crippen molar-refractivity contribution < 1.29 is 4.52 Å². The Bertz CT molecular complexity index is 724. The third kappa shape index (κ3) is 5.86. The molecule has 0 aliphatic carbocycles. The summed E-state index contributed by atoms with van der Waals surface area (Å²) in [5.41, 5.74) is 2.09. The lowest BCUT2D eigenvalue weighted by molar-refractivity contribution is 0.318. The molecular weight excluding hydrogens is 330 g/mol. The van der Waals surface area contributed by atoms with Crippen LogP contribution in [0.5, 0.6) is 0 Å². The van der Waals surface area contributed by atoms with Crippen molar-refractivity contribution >= 4 is 5.96 Å². The molecule has 0 spiro atoms. The molecule has 0 saturated heterocycles. The molecule has 0 unspecified atom stereocenters. The number of guanidine groups is 1. The van der Waals surface area contributed by atoms with E-state index in [4.69, 9.17) is 4.52 Å². The predicted octanol–water partition coefficient (Wildman–Crippen LogP) is 2.33. The van der Waals surface area contributed by atoms with Crippen LogP contribution in [0.3, 0.4) is 0 Å². The van der Waals surface area contributed by atoms with Crippen molar-refractivity contribution in [2.75, 3.05) is 13.1 Å². The third-order valence-electron chi connectivity index (χ3n) is 3.77. The first kappa shape index (κ1) is 19.9. The summed E-state index contributed by atoms with van der Waals surface area (Å²) in [6, 6.07) is 2.09. The van der Waals surface area contributed by atoms with E-state index in [1.54, 1.807) is 0 Å². The number of nitrogens with one attached hydrogen (secondary N) is 2. The largest absolute Gasteiger partial charge is 0.357 e. The van der Waals surface area contributed by atoms with Gasteiger partial charge in [-0.05, 0) is 33.3 Å². The molecule has 0 aromatic carbocycles. The van der Waals surface area contributed by atoms with Crippen LogP contribution < -0.4 is 10.6 Å². The van der Waals surface area contributed by atoms with E-state index in [1.165, 1.54) is 5.69 Å². The summed E-state index contributed by atoms with van der Waals surface area (Å²) in [5, 5.41) is 15.1. The Hall–Kier alpha value is -2.38. The zero-order chi connectivity index (χ0) is 19.2. The lowest BCUT2D eigenvalue weighted by atomic mass is 9.97. The van der Waals surface area contributed by atoms with Crippen molar-refractivity contribution in [3.8, 4) is 0 Å². The highest BCUT2D eigenvalue weighted by Crippen LogP contribution is 2.19. The van der Waals surface area contributed by atoms with Gasteiger partial charge in [-0.15, -0.1) is 0 Å². The molecule has 2 heterocycles. The maximum Gasteiger partial charge on any atom is 0.232 e. The number of rotatable bonds is 7. The van der Waals surface area contributed by atoms with Crippen LogP contribution in [0.4, 0.5) is 0 Å². The van der Waals surface area contributed by atoms with Crippen LogP contribution in [0.15, 0.2) is 15.6 Å². The highest BCUT2D eigenvalue weighted by atomic mass is 16.5. The van der Waals surface area contributed by atoms with E-state index in [1.807, 2.05) is 39.3 Å². The monoisotopic (exact) mass is 361 g/mol. The molecule has 2 aromatic rings. The first-order valence-corrected chi connectivity index (χ1v) is 9.16. The minimum Gasteiger partial charge on any atom is -0.357 e. The van der Waals surface area contributed by atoms with Gasteiger partial charge in [-0.25, -0.2) is 4.99 Å². The van der Waals surface area contributed by atoms with E-state index in [0.29, 0.717) is 18.3 Å². The smallest absolute Gasteiger partial charge is 0.232 e. The summed E-state index contributed by atoms with van der Waals surface area (Å²) in [6.45, 7) is 15.1. The maximum atomic E-state index is 5.30. The Labute approximate surface area is 155 Å². The lowest BCUT2D eigenvalue weighted by Gasteiger charge is -2.11. The van der Waals surface area contributed by atoms with Gasteiger partial charge in [0.1, 0.15) is 6.54 Å². The minimum atomic E-state index is -0.152. The van der Waals surface area contributed by atoms with Gasteiger partial charge in [0.25, 0.3) is 0 Å². The van der Waals surface area contributed by atoms with E-state index in [0.717, 1.165) is 37.7 Å². The average Bonchev–Trinajstić information content (AvgIpc) is 3.15. The Balaban J connectivity index is 1.84. The zero-order valence-electron chi connectivity index (χ0n) is 16.8. The van der Waals surface area contributed by atoms with Gasteiger partial charge in [0.05, 0.1) is 5.69 Å². The Morgan fingerprint density at radius 2 is 2.04 bits per heavy atom. The van der Waals surface area contributed by atoms with E-state index in [9.17, 15) is 0 Å². The summed E-state index contributed by atoms with van der Waals surface area (Å²) < 4.78 is 7.34. The van der Waals surface area contributed by atoms with Gasteiger partial charge in [-0.3, -0.25) is 4.68 Å². The zero-order valence-corrected chi connectivity index (χ0v) is 16.8. The van der Waals surface area contributed by atoms with Gasteiger partial charge in [0, 0.05) is 30.7 Å². The summed E-state index contributed by atoms with van der Waals surface area (Å²) in [4.78, 5) is 8.94. The Kier molecular flexibility index (Phi) is 6.76. The molecule has 0 aliphatic heterocycles. The van der Waals surface area contributed by atoms with Crippen LogP contribution in [0.2, 0.25) is 0 Å². The highest BCUT2D eigenvalue weighted by molar-refractivity contribution is 5.79. The molecule has 2 aromatic heterocycles. The van der Waals surface area contributed by atoms with E-state index in [-0.39, 0.29) is 5.41 Å². The van der Waals surface area contributed by atoms with Crippen LogP contribution in [0, 0.1) is 13.8 Å². The van der Waals surface area contributed by atoms with Gasteiger partial charge in [-0.1, -0.05) is 25.9 Å². The molecule has 2 rings (SSSR count). The third-order valence-corrected chi connectivity index (χ3v) is 3.77. The first-order chi connectivity index (χ1) is 12.3. The molecule has 8 nitrogen and oxygen atoms in total. The average molecular weight is 361 g/mol. The van der Waals surface area contributed by atoms with Crippen LogP contribution in [0.1, 0.15) is 57.2 Å². The van der Waals surface area contributed by atoms with Crippen LogP contribution in [-0.4, -0.2) is 39.0 Å². The molecule has 0 radical (unpaired) electrons. The number of aliphatic imine (C=N–C) groups is 1. The number of hydrogen-bond donors (Lipinski definition) is 2. The van der Waals surface area contributed by atoms with Crippen molar-refractivity contribution in [2.24, 2.45) is 4.99 Å². The molecular formula is C18H31N7O. The maximum absolute atomic E-state index is 5.30. The number of aryl methyl sites for hydroxylation is 3. The van der Waals surface area contributed by atoms with E-state index < -0.39 is 0 Å². The molecule has 0 saturated carbocycles. The molecule has 2 N–H and O–H groups in total. The van der Waals surface area contributed by atoms with Crippen LogP contribution in [0.25, 0.3) is 0 Å². The molecule has 0 aliphatic rings. The fourth-order valence-electron chi connectivity index (χ4n) is 2.45. The molecule has 0 atom stereocenters. The van der Waals surface area contributed by atoms with Gasteiger partial charge < -0.3 is 15.2 Å². The normalized spacial score (nSPS) is 12.5. The lowest BCUT2D eigenvalue weighted by Crippen LogP contribution is -2.38. The molecule has 8 heteroatoms. The second-order valence-corrected chi connectivity index (χ2v) is 7.39. The first-order valence-electron chi connectivity index (χ1n) is 9.16. The van der Waals surface area contributed by atoms with E-state index in [2.05, 4.69) is 43.9 Å². The number of nitrogens with zero attached hydrogens (tertiary/aromatic N) is 5. The van der Waals surface area contributed by atoms with Gasteiger partial charge in [-0.2, -0.15) is 10.1 Å². The molecule has 0 bridgehead atoms. The molecule has 144 valence electrons. The quantitative estimate of drug-likeness (QED) is 0.447.